The van der Waals surface area contributed by atoms with Crippen LogP contribution in [0.15, 0.2) is 55.4 Å². The topological polar surface area (TPSA) is 101 Å². The Balaban J connectivity index is 1.29. The zero-order valence-corrected chi connectivity index (χ0v) is 18.5. The van der Waals surface area contributed by atoms with Crippen molar-refractivity contribution in [3.05, 3.63) is 55.4 Å². The molecule has 0 aliphatic carbocycles. The van der Waals surface area contributed by atoms with E-state index in [9.17, 15) is 0 Å². The zero-order chi connectivity index (χ0) is 22.6. The van der Waals surface area contributed by atoms with E-state index < -0.39 is 0 Å². The van der Waals surface area contributed by atoms with E-state index in [1.807, 2.05) is 24.3 Å². The minimum atomic E-state index is 0.651. The van der Waals surface area contributed by atoms with Gasteiger partial charge in [0.2, 0.25) is 5.95 Å². The van der Waals surface area contributed by atoms with Crippen molar-refractivity contribution in [3.8, 4) is 11.5 Å². The first-order valence-corrected chi connectivity index (χ1v) is 10.6. The number of fused-ring (bicyclic) bond motifs is 1. The van der Waals surface area contributed by atoms with Gasteiger partial charge in [0.05, 0.1) is 49.7 Å². The van der Waals surface area contributed by atoms with Crippen molar-refractivity contribution in [3.63, 3.8) is 0 Å². The molecule has 0 radical (unpaired) electrons. The summed E-state index contributed by atoms with van der Waals surface area (Å²) in [5.41, 5.74) is 2.54. The molecule has 0 bridgehead atoms. The Morgan fingerprint density at radius 2 is 1.55 bits per heavy atom. The molecule has 1 fully saturated rings. The third-order valence-electron chi connectivity index (χ3n) is 5.57. The molecule has 168 valence electrons. The molecule has 4 heterocycles. The molecule has 10 heteroatoms. The number of piperazine rings is 1. The molecule has 1 aromatic carbocycles. The number of aromatic nitrogens is 5. The van der Waals surface area contributed by atoms with Gasteiger partial charge in [0, 0.05) is 43.8 Å². The second kappa shape index (κ2) is 9.11. The molecule has 1 N–H and O–H groups in total. The second-order valence-corrected chi connectivity index (χ2v) is 7.53. The Hall–Kier alpha value is -4.21. The van der Waals surface area contributed by atoms with Gasteiger partial charge < -0.3 is 24.6 Å². The Bertz CT molecular complexity index is 1230. The van der Waals surface area contributed by atoms with E-state index in [2.05, 4.69) is 40.0 Å². The molecule has 5 rings (SSSR count). The van der Waals surface area contributed by atoms with Gasteiger partial charge in [-0.05, 0) is 18.2 Å². The Labute approximate surface area is 191 Å². The van der Waals surface area contributed by atoms with Crippen molar-refractivity contribution in [1.29, 1.82) is 0 Å². The van der Waals surface area contributed by atoms with Crippen LogP contribution in [0.5, 0.6) is 11.5 Å². The fourth-order valence-electron chi connectivity index (χ4n) is 3.89. The van der Waals surface area contributed by atoms with Crippen molar-refractivity contribution in [2.45, 2.75) is 0 Å². The highest BCUT2D eigenvalue weighted by Gasteiger charge is 2.22. The highest BCUT2D eigenvalue weighted by Crippen LogP contribution is 2.35. The lowest BCUT2D eigenvalue weighted by Gasteiger charge is -2.35. The van der Waals surface area contributed by atoms with E-state index in [-0.39, 0.29) is 0 Å². The number of anilines is 4. The largest absolute Gasteiger partial charge is 0.493 e. The molecule has 0 unspecified atom stereocenters. The average Bonchev–Trinajstić information content (AvgIpc) is 2.88. The summed E-state index contributed by atoms with van der Waals surface area (Å²) in [5, 5.41) is 4.19. The zero-order valence-electron chi connectivity index (χ0n) is 18.5. The van der Waals surface area contributed by atoms with Crippen LogP contribution in [-0.2, 0) is 0 Å². The standard InChI is InChI=1S/C23H24N8O2/c1-32-20-10-18-19(11-21(20)33-2)27-15-28-22(18)30-6-8-31(9-7-30)23-25-13-17(14-26-23)29-16-4-3-5-24-12-16/h3-5,10-15,29H,6-9H2,1-2H3. The van der Waals surface area contributed by atoms with E-state index in [1.165, 1.54) is 0 Å². The highest BCUT2D eigenvalue weighted by atomic mass is 16.5. The molecule has 0 saturated carbocycles. The predicted octanol–water partition coefficient (Wildman–Crippen LogP) is 2.90. The minimum Gasteiger partial charge on any atom is -0.493 e. The van der Waals surface area contributed by atoms with Crippen LogP contribution in [0.3, 0.4) is 0 Å². The third kappa shape index (κ3) is 4.27. The van der Waals surface area contributed by atoms with Gasteiger partial charge in [0.15, 0.2) is 11.5 Å². The molecule has 0 spiro atoms. The molecular formula is C23H24N8O2. The lowest BCUT2D eigenvalue weighted by atomic mass is 10.2. The maximum Gasteiger partial charge on any atom is 0.225 e. The average molecular weight is 444 g/mol. The summed E-state index contributed by atoms with van der Waals surface area (Å²) in [4.78, 5) is 26.6. The smallest absolute Gasteiger partial charge is 0.225 e. The first-order chi connectivity index (χ1) is 16.2. The Morgan fingerprint density at radius 1 is 0.818 bits per heavy atom. The van der Waals surface area contributed by atoms with Crippen LogP contribution in [-0.4, -0.2) is 65.3 Å². The van der Waals surface area contributed by atoms with Crippen molar-refractivity contribution in [1.82, 2.24) is 24.9 Å². The normalized spacial score (nSPS) is 13.8. The molecule has 1 saturated heterocycles. The predicted molar refractivity (Wildman–Crippen MR) is 127 cm³/mol. The van der Waals surface area contributed by atoms with Gasteiger partial charge in [-0.25, -0.2) is 19.9 Å². The maximum absolute atomic E-state index is 5.48. The van der Waals surface area contributed by atoms with E-state index >= 15 is 0 Å². The summed E-state index contributed by atoms with van der Waals surface area (Å²) >= 11 is 0. The fraction of sp³-hybridized carbons (Fsp3) is 0.261. The number of methoxy groups -OCH3 is 2. The van der Waals surface area contributed by atoms with Gasteiger partial charge in [-0.15, -0.1) is 0 Å². The summed E-state index contributed by atoms with van der Waals surface area (Å²) in [6.07, 6.45) is 8.67. The van der Waals surface area contributed by atoms with Crippen LogP contribution in [0, 0.1) is 0 Å². The van der Waals surface area contributed by atoms with Crippen LogP contribution in [0.25, 0.3) is 10.9 Å². The van der Waals surface area contributed by atoms with E-state index in [4.69, 9.17) is 9.47 Å². The van der Waals surface area contributed by atoms with Gasteiger partial charge in [-0.2, -0.15) is 0 Å². The Morgan fingerprint density at radius 3 is 2.24 bits per heavy atom. The van der Waals surface area contributed by atoms with Crippen LogP contribution in [0.4, 0.5) is 23.1 Å². The van der Waals surface area contributed by atoms with Crippen LogP contribution in [0.1, 0.15) is 0 Å². The monoisotopic (exact) mass is 444 g/mol. The molecule has 0 amide bonds. The van der Waals surface area contributed by atoms with Gasteiger partial charge in [0.25, 0.3) is 0 Å². The molecule has 10 nitrogen and oxygen atoms in total. The van der Waals surface area contributed by atoms with Crippen LogP contribution >= 0.6 is 0 Å². The lowest BCUT2D eigenvalue weighted by molar-refractivity contribution is 0.356. The van der Waals surface area contributed by atoms with Crippen molar-refractivity contribution < 1.29 is 9.47 Å². The third-order valence-corrected chi connectivity index (χ3v) is 5.57. The number of nitrogens with zero attached hydrogens (tertiary/aromatic N) is 7. The Kier molecular flexibility index (Phi) is 5.71. The number of ether oxygens (including phenoxy) is 2. The molecule has 4 aromatic rings. The summed E-state index contributed by atoms with van der Waals surface area (Å²) in [7, 11) is 3.25. The first kappa shape index (κ1) is 20.7. The van der Waals surface area contributed by atoms with Crippen LogP contribution < -0.4 is 24.6 Å². The minimum absolute atomic E-state index is 0.651. The summed E-state index contributed by atoms with van der Waals surface area (Å²) in [5.74, 6) is 2.91. The molecule has 1 aliphatic rings. The molecule has 0 atom stereocenters. The summed E-state index contributed by atoms with van der Waals surface area (Å²) in [6.45, 7) is 3.15. The quantitative estimate of drug-likeness (QED) is 0.478. The van der Waals surface area contributed by atoms with Crippen LogP contribution in [0.2, 0.25) is 0 Å². The van der Waals surface area contributed by atoms with Gasteiger partial charge in [-0.1, -0.05) is 0 Å². The highest BCUT2D eigenvalue weighted by molar-refractivity contribution is 5.92. The van der Waals surface area contributed by atoms with Crippen molar-refractivity contribution in [2.75, 3.05) is 55.5 Å². The molecular weight excluding hydrogens is 420 g/mol. The molecule has 1 aliphatic heterocycles. The number of hydrogen-bond acceptors (Lipinski definition) is 10. The number of benzene rings is 1. The summed E-state index contributed by atoms with van der Waals surface area (Å²) in [6, 6.07) is 7.64. The number of hydrogen-bond donors (Lipinski definition) is 1. The molecule has 33 heavy (non-hydrogen) atoms. The maximum atomic E-state index is 5.48. The van der Waals surface area contributed by atoms with Gasteiger partial charge in [0.1, 0.15) is 12.1 Å². The number of nitrogens with one attached hydrogen (secondary N) is 1. The molecule has 3 aromatic heterocycles. The van der Waals surface area contributed by atoms with Gasteiger partial charge in [-0.3, -0.25) is 4.98 Å². The summed E-state index contributed by atoms with van der Waals surface area (Å²) < 4.78 is 10.9. The SMILES string of the molecule is COc1cc2ncnc(N3CCN(c4ncc(Nc5cccnc5)cn4)CC3)c2cc1OC. The lowest BCUT2D eigenvalue weighted by Crippen LogP contribution is -2.47. The first-order valence-electron chi connectivity index (χ1n) is 10.6. The number of rotatable bonds is 6. The van der Waals surface area contributed by atoms with Crippen molar-refractivity contribution in [2.24, 2.45) is 0 Å². The van der Waals surface area contributed by atoms with E-state index in [1.54, 1.807) is 45.3 Å². The fourth-order valence-corrected chi connectivity index (χ4v) is 3.89. The van der Waals surface area contributed by atoms with Gasteiger partial charge >= 0.3 is 0 Å². The van der Waals surface area contributed by atoms with E-state index in [0.717, 1.165) is 54.3 Å². The van der Waals surface area contributed by atoms with E-state index in [0.29, 0.717) is 17.4 Å². The second-order valence-electron chi connectivity index (χ2n) is 7.53. The van der Waals surface area contributed by atoms with Crippen molar-refractivity contribution >= 4 is 34.0 Å². The number of pyridine rings is 1.